The summed E-state index contributed by atoms with van der Waals surface area (Å²) in [4.78, 5) is 34.7. The first-order valence-corrected chi connectivity index (χ1v) is 20.1. The lowest BCUT2D eigenvalue weighted by Gasteiger charge is -2.20. The maximum atomic E-state index is 12.5. The van der Waals surface area contributed by atoms with Gasteiger partial charge in [0.2, 0.25) is 0 Å². The molecule has 10 nitrogen and oxygen atoms in total. The van der Waals surface area contributed by atoms with Crippen molar-refractivity contribution in [2.24, 2.45) is 0 Å². The number of aliphatic hydroxyl groups excluding tert-OH is 2. The molecule has 0 rings (SSSR count). The van der Waals surface area contributed by atoms with Crippen LogP contribution in [-0.2, 0) is 32.7 Å². The predicted molar refractivity (Wildman–Crippen MR) is 187 cm³/mol. The minimum atomic E-state index is -4.61. The van der Waals surface area contributed by atoms with Gasteiger partial charge in [0.25, 0.3) is 0 Å². The number of phosphoric ester groups is 1. The molecule has 0 aromatic rings. The highest BCUT2D eigenvalue weighted by molar-refractivity contribution is 7.47. The zero-order valence-electron chi connectivity index (χ0n) is 29.8. The summed E-state index contributed by atoms with van der Waals surface area (Å²) in [5, 5.41) is 18.2. The third-order valence-electron chi connectivity index (χ3n) is 7.93. The van der Waals surface area contributed by atoms with Gasteiger partial charge in [0.15, 0.2) is 6.10 Å². The third-order valence-corrected chi connectivity index (χ3v) is 8.88. The lowest BCUT2D eigenvalue weighted by molar-refractivity contribution is -0.161. The van der Waals surface area contributed by atoms with Crippen molar-refractivity contribution in [2.45, 2.75) is 180 Å². The summed E-state index contributed by atoms with van der Waals surface area (Å²) in [6, 6.07) is 0. The van der Waals surface area contributed by atoms with Crippen molar-refractivity contribution in [2.75, 3.05) is 26.4 Å². The van der Waals surface area contributed by atoms with E-state index in [1.54, 1.807) is 0 Å². The molecule has 0 aliphatic rings. The summed E-state index contributed by atoms with van der Waals surface area (Å²) in [6.45, 7) is 2.30. The standard InChI is InChI=1S/C36H69O10P/c1-3-5-7-9-11-13-14-15-16-17-18-20-21-23-25-27-35(39)43-31-34(32-45-47(41,42)44-30-33(38)29-37)46-36(40)28-26-24-22-19-12-10-8-6-4-2/h21,23,33-34,37-38H,3-20,22,24-32H2,1-2H3,(H,41,42)/b23-21+/t33-,34+/m1/s1. The number of aliphatic hydroxyl groups is 2. The number of phosphoric acid groups is 1. The quantitative estimate of drug-likeness (QED) is 0.0254. The number of hydrogen-bond acceptors (Lipinski definition) is 9. The molecule has 47 heavy (non-hydrogen) atoms. The van der Waals surface area contributed by atoms with Crippen LogP contribution in [0.15, 0.2) is 12.2 Å². The van der Waals surface area contributed by atoms with Crippen molar-refractivity contribution < 1.29 is 47.8 Å². The maximum Gasteiger partial charge on any atom is 0.472 e. The van der Waals surface area contributed by atoms with Crippen LogP contribution in [0.2, 0.25) is 0 Å². The molecule has 278 valence electrons. The fraction of sp³-hybridized carbons (Fsp3) is 0.889. The Bertz CT molecular complexity index is 807. The largest absolute Gasteiger partial charge is 0.472 e. The van der Waals surface area contributed by atoms with Gasteiger partial charge in [-0.15, -0.1) is 0 Å². The average Bonchev–Trinajstić information content (AvgIpc) is 3.05. The number of carbonyl (C=O) groups excluding carboxylic acids is 2. The average molecular weight is 693 g/mol. The van der Waals surface area contributed by atoms with Crippen molar-refractivity contribution in [1.82, 2.24) is 0 Å². The number of allylic oxidation sites excluding steroid dienone is 2. The molecule has 0 bridgehead atoms. The summed E-state index contributed by atoms with van der Waals surface area (Å²) < 4.78 is 32.4. The van der Waals surface area contributed by atoms with Crippen LogP contribution in [0.3, 0.4) is 0 Å². The van der Waals surface area contributed by atoms with Gasteiger partial charge in [-0.25, -0.2) is 4.57 Å². The van der Waals surface area contributed by atoms with Crippen LogP contribution in [0, 0.1) is 0 Å². The molecule has 0 saturated carbocycles. The van der Waals surface area contributed by atoms with E-state index in [1.165, 1.54) is 96.3 Å². The van der Waals surface area contributed by atoms with E-state index in [2.05, 4.69) is 24.4 Å². The number of ether oxygens (including phenoxy) is 2. The zero-order chi connectivity index (χ0) is 34.9. The third kappa shape index (κ3) is 33.0. The van der Waals surface area contributed by atoms with Gasteiger partial charge in [0.1, 0.15) is 12.7 Å². The van der Waals surface area contributed by atoms with Crippen LogP contribution in [0.1, 0.15) is 168 Å². The molecular formula is C36H69O10P. The lowest BCUT2D eigenvalue weighted by Crippen LogP contribution is -2.29. The smallest absolute Gasteiger partial charge is 0.462 e. The molecule has 0 aromatic heterocycles. The molecule has 3 N–H and O–H groups in total. The lowest BCUT2D eigenvalue weighted by atomic mass is 10.1. The Morgan fingerprint density at radius 2 is 1.09 bits per heavy atom. The molecule has 3 atom stereocenters. The number of carbonyl (C=O) groups is 2. The van der Waals surface area contributed by atoms with Gasteiger partial charge in [-0.2, -0.15) is 0 Å². The number of rotatable bonds is 35. The Morgan fingerprint density at radius 3 is 1.62 bits per heavy atom. The minimum Gasteiger partial charge on any atom is -0.462 e. The highest BCUT2D eigenvalue weighted by atomic mass is 31.2. The first-order valence-electron chi connectivity index (χ1n) is 18.6. The monoisotopic (exact) mass is 692 g/mol. The van der Waals surface area contributed by atoms with Crippen molar-refractivity contribution >= 4 is 19.8 Å². The Labute approximate surface area is 286 Å². The Balaban J connectivity index is 4.37. The van der Waals surface area contributed by atoms with Gasteiger partial charge in [0.05, 0.1) is 19.8 Å². The SMILES string of the molecule is CCCCCCCCCCCCC/C=C/CCC(=O)OC[C@@H](COP(=O)(O)OC[C@H](O)CO)OC(=O)CCCCCCCCCCC. The second-order valence-corrected chi connectivity index (χ2v) is 14.1. The van der Waals surface area contributed by atoms with Crippen molar-refractivity contribution in [3.8, 4) is 0 Å². The van der Waals surface area contributed by atoms with E-state index in [0.29, 0.717) is 12.8 Å². The Morgan fingerprint density at radius 1 is 0.617 bits per heavy atom. The second-order valence-electron chi connectivity index (χ2n) is 12.6. The van der Waals surface area contributed by atoms with Gasteiger partial charge in [-0.1, -0.05) is 142 Å². The van der Waals surface area contributed by atoms with Crippen LogP contribution >= 0.6 is 7.82 Å². The summed E-state index contributed by atoms with van der Waals surface area (Å²) in [6.07, 6.45) is 27.8. The summed E-state index contributed by atoms with van der Waals surface area (Å²) in [5.74, 6) is -0.980. The minimum absolute atomic E-state index is 0.162. The van der Waals surface area contributed by atoms with Crippen LogP contribution in [0.4, 0.5) is 0 Å². The van der Waals surface area contributed by atoms with E-state index >= 15 is 0 Å². The normalized spacial score (nSPS) is 14.2. The van der Waals surface area contributed by atoms with Gasteiger partial charge in [0, 0.05) is 12.8 Å². The highest BCUT2D eigenvalue weighted by Crippen LogP contribution is 2.43. The van der Waals surface area contributed by atoms with Crippen molar-refractivity contribution in [3.05, 3.63) is 12.2 Å². The molecule has 11 heteroatoms. The van der Waals surface area contributed by atoms with E-state index in [9.17, 15) is 24.2 Å². The highest BCUT2D eigenvalue weighted by Gasteiger charge is 2.27. The molecule has 1 unspecified atom stereocenters. The number of hydrogen-bond donors (Lipinski definition) is 3. The van der Waals surface area contributed by atoms with Crippen molar-refractivity contribution in [3.63, 3.8) is 0 Å². The van der Waals surface area contributed by atoms with E-state index in [-0.39, 0.29) is 19.4 Å². The van der Waals surface area contributed by atoms with Gasteiger partial charge in [-0.3, -0.25) is 18.6 Å². The molecule has 0 heterocycles. The zero-order valence-corrected chi connectivity index (χ0v) is 30.6. The molecule has 0 spiro atoms. The van der Waals surface area contributed by atoms with E-state index < -0.39 is 51.8 Å². The first-order chi connectivity index (χ1) is 22.7. The van der Waals surface area contributed by atoms with Crippen LogP contribution in [-0.4, -0.2) is 65.7 Å². The molecule has 0 amide bonds. The summed E-state index contributed by atoms with van der Waals surface area (Å²) in [7, 11) is -4.61. The van der Waals surface area contributed by atoms with Gasteiger partial charge in [-0.05, 0) is 25.7 Å². The second kappa shape index (κ2) is 33.2. The molecule has 0 saturated heterocycles. The molecule has 0 aromatic carbocycles. The van der Waals surface area contributed by atoms with E-state index in [4.69, 9.17) is 19.1 Å². The van der Waals surface area contributed by atoms with E-state index in [0.717, 1.165) is 32.1 Å². The number of unbranched alkanes of at least 4 members (excludes halogenated alkanes) is 19. The van der Waals surface area contributed by atoms with E-state index in [1.807, 2.05) is 6.08 Å². The Kier molecular flexibility index (Phi) is 32.3. The van der Waals surface area contributed by atoms with Crippen LogP contribution < -0.4 is 0 Å². The molecule has 0 fully saturated rings. The van der Waals surface area contributed by atoms with Gasteiger partial charge >= 0.3 is 19.8 Å². The summed E-state index contributed by atoms with van der Waals surface area (Å²) in [5.41, 5.74) is 0. The Hall–Kier alpha value is -1.29. The van der Waals surface area contributed by atoms with Crippen molar-refractivity contribution in [1.29, 1.82) is 0 Å². The maximum absolute atomic E-state index is 12.5. The van der Waals surface area contributed by atoms with Crippen LogP contribution in [0.5, 0.6) is 0 Å². The molecule has 0 radical (unpaired) electrons. The summed E-state index contributed by atoms with van der Waals surface area (Å²) >= 11 is 0. The van der Waals surface area contributed by atoms with Crippen LogP contribution in [0.25, 0.3) is 0 Å². The predicted octanol–water partition coefficient (Wildman–Crippen LogP) is 8.89. The topological polar surface area (TPSA) is 149 Å². The van der Waals surface area contributed by atoms with Gasteiger partial charge < -0.3 is 24.6 Å². The molecule has 0 aliphatic heterocycles. The number of esters is 2. The molecular weight excluding hydrogens is 623 g/mol. The fourth-order valence-corrected chi connectivity index (χ4v) is 5.80. The fourth-order valence-electron chi connectivity index (χ4n) is 5.01. The molecule has 0 aliphatic carbocycles. The first kappa shape index (κ1) is 45.7.